The SMILES string of the molecule is [Al][N]([Al])c1cccc2c1-c1c([N]([Al])[Al])cccc1C21c2ccccc2-c2ccccc21. The van der Waals surface area contributed by atoms with Gasteiger partial charge in [-0.05, 0) is 56.9 Å². The van der Waals surface area contributed by atoms with Crippen LogP contribution in [-0.2, 0) is 5.41 Å². The number of fused-ring (bicyclic) bond motifs is 10. The first-order valence-corrected chi connectivity index (χ1v) is 12.2. The number of hydrogen-bond donors (Lipinski definition) is 0. The molecule has 6 rings (SSSR count). The molecule has 0 saturated carbocycles. The zero-order chi connectivity index (χ0) is 21.3. The Labute approximate surface area is 216 Å². The maximum Gasteiger partial charge on any atom is 0.277 e. The molecule has 0 heterocycles. The Balaban J connectivity index is 1.87. The van der Waals surface area contributed by atoms with Gasteiger partial charge in [-0.2, -0.15) is 0 Å². The molecular weight excluding hydrogens is 436 g/mol. The summed E-state index contributed by atoms with van der Waals surface area (Å²) in [4.78, 5) is 0. The molecule has 0 fully saturated rings. The minimum Gasteiger partial charge on any atom is -0.586 e. The third kappa shape index (κ3) is 2.58. The number of nitrogens with zero attached hydrogens (tertiary/aromatic N) is 2. The van der Waals surface area contributed by atoms with Crippen molar-refractivity contribution in [3.63, 3.8) is 0 Å². The van der Waals surface area contributed by atoms with Crippen molar-refractivity contribution in [1.29, 1.82) is 0 Å². The van der Waals surface area contributed by atoms with E-state index in [1.165, 1.54) is 55.9 Å². The molecule has 0 N–H and O–H groups in total. The van der Waals surface area contributed by atoms with Crippen LogP contribution >= 0.6 is 0 Å². The van der Waals surface area contributed by atoms with Crippen LogP contribution in [0, 0.1) is 0 Å². The van der Waals surface area contributed by atoms with Crippen molar-refractivity contribution < 1.29 is 0 Å². The molecule has 2 nitrogen and oxygen atoms in total. The molecule has 2 aliphatic carbocycles. The van der Waals surface area contributed by atoms with E-state index in [1.54, 1.807) is 0 Å². The van der Waals surface area contributed by atoms with Crippen LogP contribution in [0.2, 0.25) is 0 Å². The Bertz CT molecular complexity index is 1260. The van der Waals surface area contributed by atoms with Crippen molar-refractivity contribution in [2.24, 2.45) is 0 Å². The molecule has 136 valence electrons. The summed E-state index contributed by atoms with van der Waals surface area (Å²) in [6.07, 6.45) is 0. The second-order valence-electron chi connectivity index (χ2n) is 8.06. The van der Waals surface area contributed by atoms with Gasteiger partial charge >= 0.3 is 0 Å². The highest BCUT2D eigenvalue weighted by Gasteiger charge is 2.52. The van der Waals surface area contributed by atoms with E-state index in [4.69, 9.17) is 0 Å². The molecule has 0 atom stereocenters. The minimum atomic E-state index is -0.319. The van der Waals surface area contributed by atoms with E-state index in [9.17, 15) is 0 Å². The summed E-state index contributed by atoms with van der Waals surface area (Å²) in [5.41, 5.74) is 12.7. The van der Waals surface area contributed by atoms with Crippen molar-refractivity contribution in [2.75, 3.05) is 5.73 Å². The fourth-order valence-corrected chi connectivity index (χ4v) is 6.48. The van der Waals surface area contributed by atoms with Gasteiger partial charge in [0.05, 0.1) is 5.41 Å². The van der Waals surface area contributed by atoms with Gasteiger partial charge in [0.25, 0.3) is 66.0 Å². The van der Waals surface area contributed by atoms with Crippen LogP contribution in [0.5, 0.6) is 0 Å². The maximum atomic E-state index is 2.80. The number of rotatable bonds is 2. The Morgan fingerprint density at radius 1 is 0.452 bits per heavy atom. The average molecular weight is 450 g/mol. The lowest BCUT2D eigenvalue weighted by Crippen LogP contribution is -2.26. The lowest BCUT2D eigenvalue weighted by atomic mass is 9.70. The molecule has 0 aliphatic heterocycles. The molecule has 0 bridgehead atoms. The standard InChI is InChI=1S/C25H14N2.4Al/c26-21-13-5-11-19-23(21)24-20(12-6-14-22(24)27)25(19)17-9-3-1-7-15(17)16-8-2-4-10-18(16)25;;;;/h1-14H;;;;. The van der Waals surface area contributed by atoms with Crippen LogP contribution in [0.3, 0.4) is 0 Å². The topological polar surface area (TPSA) is 6.48 Å². The second-order valence-corrected chi connectivity index (χ2v) is 11.5. The van der Waals surface area contributed by atoms with Crippen molar-refractivity contribution >= 4 is 77.4 Å². The van der Waals surface area contributed by atoms with Crippen molar-refractivity contribution in [3.8, 4) is 22.3 Å². The van der Waals surface area contributed by atoms with Crippen LogP contribution in [0.15, 0.2) is 84.9 Å². The molecule has 4 aromatic carbocycles. The van der Waals surface area contributed by atoms with E-state index >= 15 is 0 Å². The largest absolute Gasteiger partial charge is 0.586 e. The highest BCUT2D eigenvalue weighted by atomic mass is 27.1. The van der Waals surface area contributed by atoms with Gasteiger partial charge in [-0.1, -0.05) is 72.8 Å². The highest BCUT2D eigenvalue weighted by Crippen LogP contribution is 2.65. The molecule has 4 aromatic rings. The van der Waals surface area contributed by atoms with Crippen molar-refractivity contribution in [1.82, 2.24) is 0 Å². The van der Waals surface area contributed by atoms with Crippen molar-refractivity contribution in [3.05, 3.63) is 107 Å². The first kappa shape index (κ1) is 20.2. The Kier molecular flexibility index (Phi) is 4.77. The van der Waals surface area contributed by atoms with E-state index in [0.29, 0.717) is 0 Å². The fraction of sp³-hybridized carbons (Fsp3) is 0.0400. The molecule has 6 heteroatoms. The molecule has 0 aromatic heterocycles. The van der Waals surface area contributed by atoms with Crippen LogP contribution in [0.25, 0.3) is 22.3 Å². The molecular formula is C25H14Al4N2. The van der Waals surface area contributed by atoms with E-state index in [1.807, 2.05) is 0 Å². The monoisotopic (exact) mass is 450 g/mol. The lowest BCUT2D eigenvalue weighted by molar-refractivity contribution is 0.794. The molecule has 2 aliphatic rings. The molecule has 8 radical (unpaired) electrons. The highest BCUT2D eigenvalue weighted by molar-refractivity contribution is 6.44. The molecule has 1 spiro atoms. The zero-order valence-corrected chi connectivity index (χ0v) is 21.4. The van der Waals surface area contributed by atoms with Gasteiger partial charge < -0.3 is 5.73 Å². The Hall–Kier alpha value is -1.39. The third-order valence-electron chi connectivity index (χ3n) is 6.65. The van der Waals surface area contributed by atoms with Gasteiger partial charge in [0.2, 0.25) is 0 Å². The molecule has 0 amide bonds. The Morgan fingerprint density at radius 2 is 0.839 bits per heavy atom. The van der Waals surface area contributed by atoms with Crippen molar-refractivity contribution in [2.45, 2.75) is 5.41 Å². The minimum absolute atomic E-state index is 0.319. The van der Waals surface area contributed by atoms with E-state index < -0.39 is 0 Å². The van der Waals surface area contributed by atoms with E-state index in [2.05, 4.69) is 157 Å². The summed E-state index contributed by atoms with van der Waals surface area (Å²) in [6.45, 7) is 0. The van der Waals surface area contributed by atoms with Gasteiger partial charge in [-0.3, -0.25) is 0 Å². The summed E-state index contributed by atoms with van der Waals surface area (Å²) < 4.78 is 4.14. The van der Waals surface area contributed by atoms with Crippen LogP contribution in [0.4, 0.5) is 11.4 Å². The number of anilines is 2. The second kappa shape index (κ2) is 7.31. The lowest BCUT2D eigenvalue weighted by Gasteiger charge is -2.31. The van der Waals surface area contributed by atoms with Gasteiger partial charge in [-0.15, -0.1) is 0 Å². The predicted molar refractivity (Wildman–Crippen MR) is 131 cm³/mol. The van der Waals surface area contributed by atoms with Gasteiger partial charge in [-0.25, -0.2) is 0 Å². The van der Waals surface area contributed by atoms with E-state index in [0.717, 1.165) is 0 Å². The summed E-state index contributed by atoms with van der Waals surface area (Å²) in [5, 5.41) is 0. The first-order valence-electron chi connectivity index (χ1n) is 10.1. The van der Waals surface area contributed by atoms with Crippen LogP contribution < -0.4 is 5.73 Å². The average Bonchev–Trinajstić information content (AvgIpc) is 3.26. The summed E-state index contributed by atoms with van der Waals surface area (Å²) in [7, 11) is 0. The first-order chi connectivity index (χ1) is 15.1. The fourth-order valence-electron chi connectivity index (χ4n) is 5.62. The zero-order valence-electron chi connectivity index (χ0n) is 16.8. The molecule has 0 saturated heterocycles. The summed E-state index contributed by atoms with van der Waals surface area (Å²) in [6, 6.07) is 31.2. The third-order valence-corrected chi connectivity index (χ3v) is 7.76. The number of hydrogen-bond acceptors (Lipinski definition) is 2. The smallest absolute Gasteiger partial charge is 0.277 e. The normalized spacial score (nSPS) is 13.9. The van der Waals surface area contributed by atoms with Crippen LogP contribution in [-0.4, -0.2) is 66.0 Å². The van der Waals surface area contributed by atoms with Gasteiger partial charge in [0.1, 0.15) is 0 Å². The Morgan fingerprint density at radius 3 is 1.26 bits per heavy atom. The van der Waals surface area contributed by atoms with E-state index in [-0.39, 0.29) is 5.41 Å². The predicted octanol–water partition coefficient (Wildman–Crippen LogP) is 3.98. The quantitative estimate of drug-likeness (QED) is 0.369. The summed E-state index contributed by atoms with van der Waals surface area (Å²) in [5.74, 6) is 0. The van der Waals surface area contributed by atoms with Gasteiger partial charge in [0.15, 0.2) is 0 Å². The molecule has 31 heavy (non-hydrogen) atoms. The molecule has 0 unspecified atom stereocenters. The van der Waals surface area contributed by atoms with Crippen LogP contribution in [0.1, 0.15) is 22.3 Å². The summed E-state index contributed by atoms with van der Waals surface area (Å²) >= 11 is 11.2. The maximum absolute atomic E-state index is 2.80. The number of benzene rings is 4. The van der Waals surface area contributed by atoms with Gasteiger partial charge in [0, 0.05) is 11.1 Å².